The monoisotopic (exact) mass is 377 g/mol. The van der Waals surface area contributed by atoms with Gasteiger partial charge < -0.3 is 9.33 Å². The second kappa shape index (κ2) is 10.7. The number of rotatable bonds is 9. The molecule has 0 spiro atoms. The van der Waals surface area contributed by atoms with E-state index in [4.69, 9.17) is 4.43 Å². The Morgan fingerprint density at radius 1 is 0.962 bits per heavy atom. The highest BCUT2D eigenvalue weighted by Crippen LogP contribution is 2.25. The molecule has 0 aliphatic carbocycles. The van der Waals surface area contributed by atoms with Crippen LogP contribution in [-0.2, 0) is 4.43 Å². The molecular weight excluding hydrogens is 342 g/mol. The fourth-order valence-electron chi connectivity index (χ4n) is 4.14. The summed E-state index contributed by atoms with van der Waals surface area (Å²) in [7, 11) is -2.28. The van der Waals surface area contributed by atoms with Gasteiger partial charge in [-0.3, -0.25) is 5.43 Å². The molecule has 0 aromatic carbocycles. The summed E-state index contributed by atoms with van der Waals surface area (Å²) in [6.45, 7) is 15.7. The summed E-state index contributed by atoms with van der Waals surface area (Å²) in [5.74, 6) is 0. The van der Waals surface area contributed by atoms with Gasteiger partial charge in [-0.1, -0.05) is 24.6 Å². The van der Waals surface area contributed by atoms with E-state index in [0.29, 0.717) is 6.04 Å². The maximum atomic E-state index is 12.5. The molecule has 2 aliphatic rings. The Labute approximate surface area is 159 Å². The van der Waals surface area contributed by atoms with Crippen molar-refractivity contribution >= 4 is 14.4 Å². The Bertz CT molecular complexity index is 457. The van der Waals surface area contributed by atoms with Crippen molar-refractivity contribution in [2.24, 2.45) is 0 Å². The molecule has 2 heterocycles. The zero-order valence-electron chi connectivity index (χ0n) is 16.1. The third-order valence-electron chi connectivity index (χ3n) is 5.48. The number of carbonyl (C=O) groups is 1. The minimum absolute atomic E-state index is 0.335. The van der Waals surface area contributed by atoms with Crippen molar-refractivity contribution in [2.75, 3.05) is 26.2 Å². The molecule has 1 N–H and O–H groups in total. The molecule has 26 heavy (non-hydrogen) atoms. The Morgan fingerprint density at radius 2 is 1.50 bits per heavy atom. The average molecular weight is 378 g/mol. The smallest absolute Gasteiger partial charge is 0.408 e. The molecule has 2 rings (SSSR count). The number of likely N-dealkylation sites (tertiary alicyclic amines) is 1. The van der Waals surface area contributed by atoms with E-state index in [9.17, 15) is 4.79 Å². The number of hydrogen-bond donors (Lipinski definition) is 1. The fourth-order valence-corrected chi connectivity index (χ4v) is 6.91. The maximum Gasteiger partial charge on any atom is 0.408 e. The minimum atomic E-state index is -2.28. The number of nitrogens with one attached hydrogen (secondary N) is 1. The quantitative estimate of drug-likeness (QED) is 0.486. The average Bonchev–Trinajstić information content (AvgIpc) is 2.63. The van der Waals surface area contributed by atoms with Gasteiger partial charge in [0.15, 0.2) is 0 Å². The van der Waals surface area contributed by atoms with Gasteiger partial charge in [0.25, 0.3) is 8.32 Å². The van der Waals surface area contributed by atoms with Crippen LogP contribution in [0.15, 0.2) is 38.0 Å². The third kappa shape index (κ3) is 6.11. The SMILES string of the molecule is C=CC[Si](CC=C)(CC=C)OC(=O)NN1CCC(N2CCCCC2)CC1. The van der Waals surface area contributed by atoms with Gasteiger partial charge in [0.05, 0.1) is 0 Å². The molecule has 0 aromatic heterocycles. The van der Waals surface area contributed by atoms with Crippen LogP contribution in [-0.4, -0.2) is 56.5 Å². The van der Waals surface area contributed by atoms with Crippen LogP contribution in [0.5, 0.6) is 0 Å². The molecule has 2 aliphatic heterocycles. The zero-order valence-corrected chi connectivity index (χ0v) is 17.1. The van der Waals surface area contributed by atoms with Gasteiger partial charge in [-0.2, -0.15) is 0 Å². The summed E-state index contributed by atoms with van der Waals surface area (Å²) in [5.41, 5.74) is 2.96. The van der Waals surface area contributed by atoms with Crippen molar-refractivity contribution in [3.63, 3.8) is 0 Å². The molecule has 0 bridgehead atoms. The van der Waals surface area contributed by atoms with E-state index in [1.54, 1.807) is 0 Å². The summed E-state index contributed by atoms with van der Waals surface area (Å²) in [4.78, 5) is 15.1. The zero-order chi connectivity index (χ0) is 18.8. The standard InChI is InChI=1S/C20H35N3O2Si/c1-4-16-26(17-5-2,18-6-3)25-20(24)21-23-14-10-19(11-15-23)22-12-8-7-9-13-22/h4-6,19H,1-3,7-18H2,(H,21,24). The van der Waals surface area contributed by atoms with E-state index >= 15 is 0 Å². The number of carbonyl (C=O) groups excluding carboxylic acids is 1. The van der Waals surface area contributed by atoms with Gasteiger partial charge in [-0.05, 0) is 56.9 Å². The van der Waals surface area contributed by atoms with Crippen LogP contribution in [0.25, 0.3) is 0 Å². The van der Waals surface area contributed by atoms with Crippen LogP contribution in [0, 0.1) is 0 Å². The Hall–Kier alpha value is -1.37. The third-order valence-corrected chi connectivity index (χ3v) is 9.20. The molecule has 1 amide bonds. The Balaban J connectivity index is 1.82. The fraction of sp³-hybridized carbons (Fsp3) is 0.650. The van der Waals surface area contributed by atoms with Crippen molar-refractivity contribution in [3.05, 3.63) is 38.0 Å². The topological polar surface area (TPSA) is 44.8 Å². The maximum absolute atomic E-state index is 12.5. The second-order valence-corrected chi connectivity index (χ2v) is 11.3. The van der Waals surface area contributed by atoms with Gasteiger partial charge in [-0.25, -0.2) is 9.80 Å². The van der Waals surface area contributed by atoms with Gasteiger partial charge in [0.2, 0.25) is 0 Å². The summed E-state index contributed by atoms with van der Waals surface area (Å²) in [5, 5.41) is 2.01. The number of piperidine rings is 2. The molecule has 0 unspecified atom stereocenters. The lowest BCUT2D eigenvalue weighted by Crippen LogP contribution is -2.53. The molecule has 5 nitrogen and oxygen atoms in total. The van der Waals surface area contributed by atoms with Crippen LogP contribution in [0.4, 0.5) is 4.79 Å². The van der Waals surface area contributed by atoms with Crippen LogP contribution < -0.4 is 5.43 Å². The molecule has 146 valence electrons. The summed E-state index contributed by atoms with van der Waals surface area (Å²) >= 11 is 0. The first-order valence-electron chi connectivity index (χ1n) is 9.94. The molecule has 6 heteroatoms. The lowest BCUT2D eigenvalue weighted by atomic mass is 10.0. The van der Waals surface area contributed by atoms with E-state index in [2.05, 4.69) is 30.1 Å². The first kappa shape index (κ1) is 20.9. The summed E-state index contributed by atoms with van der Waals surface area (Å²) in [6.07, 6.45) is 11.4. The highest BCUT2D eigenvalue weighted by Gasteiger charge is 2.36. The molecule has 2 fully saturated rings. The Kier molecular flexibility index (Phi) is 8.61. The van der Waals surface area contributed by atoms with E-state index < -0.39 is 8.32 Å². The van der Waals surface area contributed by atoms with Gasteiger partial charge in [0, 0.05) is 19.1 Å². The number of hydrazine groups is 1. The minimum Gasteiger partial charge on any atom is -0.502 e. The molecule has 2 saturated heterocycles. The van der Waals surface area contributed by atoms with Gasteiger partial charge >= 0.3 is 6.09 Å². The first-order valence-corrected chi connectivity index (χ1v) is 12.5. The normalized spacial score (nSPS) is 20.3. The van der Waals surface area contributed by atoms with E-state index in [0.717, 1.165) is 44.1 Å². The highest BCUT2D eigenvalue weighted by molar-refractivity contribution is 6.76. The number of hydrogen-bond acceptors (Lipinski definition) is 4. The van der Waals surface area contributed by atoms with Crippen LogP contribution in [0.3, 0.4) is 0 Å². The highest BCUT2D eigenvalue weighted by atomic mass is 28.4. The lowest BCUT2D eigenvalue weighted by molar-refractivity contribution is 0.0670. The molecule has 0 atom stereocenters. The predicted octanol–water partition coefficient (Wildman–Crippen LogP) is 4.08. The van der Waals surface area contributed by atoms with Crippen molar-refractivity contribution in [2.45, 2.75) is 56.3 Å². The van der Waals surface area contributed by atoms with Crippen molar-refractivity contribution in [3.8, 4) is 0 Å². The van der Waals surface area contributed by atoms with Crippen molar-refractivity contribution < 1.29 is 9.22 Å². The van der Waals surface area contributed by atoms with E-state index in [-0.39, 0.29) is 6.09 Å². The number of amides is 1. The summed E-state index contributed by atoms with van der Waals surface area (Å²) in [6, 6.07) is 2.82. The van der Waals surface area contributed by atoms with E-state index in [1.165, 1.54) is 32.4 Å². The van der Waals surface area contributed by atoms with Gasteiger partial charge in [-0.15, -0.1) is 19.7 Å². The number of allylic oxidation sites excluding steroid dienone is 3. The van der Waals surface area contributed by atoms with Crippen LogP contribution in [0.2, 0.25) is 18.1 Å². The van der Waals surface area contributed by atoms with E-state index in [1.807, 2.05) is 23.2 Å². The first-order chi connectivity index (χ1) is 12.6. The van der Waals surface area contributed by atoms with Crippen molar-refractivity contribution in [1.82, 2.24) is 15.3 Å². The number of nitrogens with zero attached hydrogens (tertiary/aromatic N) is 2. The molecule has 0 radical (unpaired) electrons. The Morgan fingerprint density at radius 3 is 2.00 bits per heavy atom. The molecular formula is C20H35N3O2Si. The molecule has 0 saturated carbocycles. The molecule has 0 aromatic rings. The van der Waals surface area contributed by atoms with Gasteiger partial charge in [0.1, 0.15) is 0 Å². The summed E-state index contributed by atoms with van der Waals surface area (Å²) < 4.78 is 5.93. The van der Waals surface area contributed by atoms with Crippen LogP contribution >= 0.6 is 0 Å². The van der Waals surface area contributed by atoms with Crippen LogP contribution in [0.1, 0.15) is 32.1 Å². The van der Waals surface area contributed by atoms with Crippen molar-refractivity contribution in [1.29, 1.82) is 0 Å². The predicted molar refractivity (Wildman–Crippen MR) is 110 cm³/mol. The second-order valence-electron chi connectivity index (χ2n) is 7.48. The largest absolute Gasteiger partial charge is 0.502 e. The lowest BCUT2D eigenvalue weighted by Gasteiger charge is -2.40.